The average molecular weight is 193 g/mol. The molecule has 1 N–H and O–H groups in total. The van der Waals surface area contributed by atoms with Crippen molar-refractivity contribution in [3.63, 3.8) is 0 Å². The first-order chi connectivity index (χ1) is 6.06. The Bertz CT molecular complexity index is 162. The summed E-state index contributed by atoms with van der Waals surface area (Å²) in [6.07, 6.45) is 1.14. The molecule has 4 heteroatoms. The molecule has 1 heterocycles. The molecule has 0 aromatic rings. The van der Waals surface area contributed by atoms with Gasteiger partial charge in [-0.2, -0.15) is 0 Å². The first-order valence-corrected chi connectivity index (χ1v) is 4.77. The predicted octanol–water partition coefficient (Wildman–Crippen LogP) is 1.35. The van der Waals surface area contributed by atoms with Crippen LogP contribution in [0.3, 0.4) is 0 Å². The molecule has 0 aromatic heterocycles. The van der Waals surface area contributed by atoms with E-state index >= 15 is 0 Å². The molecule has 1 aliphatic rings. The Kier molecular flexibility index (Phi) is 3.62. The van der Waals surface area contributed by atoms with E-state index < -0.39 is 11.8 Å². The molecule has 2 nitrogen and oxygen atoms in total. The summed E-state index contributed by atoms with van der Waals surface area (Å²) in [5, 5.41) is 8.56. The number of hydrogen-bond donors (Lipinski definition) is 1. The summed E-state index contributed by atoms with van der Waals surface area (Å²) in [5.74, 6) is -3.05. The number of aliphatic hydroxyl groups excluding tert-OH is 1. The van der Waals surface area contributed by atoms with Crippen LogP contribution in [-0.2, 0) is 0 Å². The van der Waals surface area contributed by atoms with Crippen LogP contribution >= 0.6 is 0 Å². The van der Waals surface area contributed by atoms with Crippen molar-refractivity contribution in [1.82, 2.24) is 4.90 Å². The lowest BCUT2D eigenvalue weighted by Gasteiger charge is -2.36. The van der Waals surface area contributed by atoms with Gasteiger partial charge in [0.25, 0.3) is 5.92 Å². The molecule has 0 aromatic carbocycles. The number of piperidine rings is 1. The zero-order valence-electron chi connectivity index (χ0n) is 7.97. The van der Waals surface area contributed by atoms with E-state index in [1.54, 1.807) is 11.8 Å². The maximum absolute atomic E-state index is 13.2. The molecular formula is C9H17F2NO. The minimum atomic E-state index is -2.55. The Balaban J connectivity index is 2.37. The Morgan fingerprint density at radius 2 is 2.23 bits per heavy atom. The van der Waals surface area contributed by atoms with Gasteiger partial charge in [-0.1, -0.05) is 6.92 Å². The maximum atomic E-state index is 13.2. The molecule has 0 unspecified atom stereocenters. The predicted molar refractivity (Wildman–Crippen MR) is 46.9 cm³/mol. The molecule has 0 bridgehead atoms. The fourth-order valence-electron chi connectivity index (χ4n) is 1.61. The third-order valence-corrected chi connectivity index (χ3v) is 2.67. The number of alkyl halides is 2. The van der Waals surface area contributed by atoms with Gasteiger partial charge >= 0.3 is 0 Å². The van der Waals surface area contributed by atoms with Gasteiger partial charge in [-0.15, -0.1) is 0 Å². The first kappa shape index (κ1) is 10.9. The van der Waals surface area contributed by atoms with Crippen molar-refractivity contribution in [2.24, 2.45) is 5.92 Å². The molecule has 0 radical (unpaired) electrons. The molecule has 1 rings (SSSR count). The van der Waals surface area contributed by atoms with Crippen molar-refractivity contribution in [2.45, 2.75) is 25.7 Å². The number of aliphatic hydroxyl groups is 1. The van der Waals surface area contributed by atoms with Gasteiger partial charge in [0.1, 0.15) is 0 Å². The zero-order valence-corrected chi connectivity index (χ0v) is 7.97. The van der Waals surface area contributed by atoms with Crippen molar-refractivity contribution in [3.8, 4) is 0 Å². The maximum Gasteiger partial charge on any atom is 0.263 e. The van der Waals surface area contributed by atoms with Crippen LogP contribution in [0.5, 0.6) is 0 Å². The number of halogens is 2. The highest BCUT2D eigenvalue weighted by Gasteiger charge is 2.41. The monoisotopic (exact) mass is 193 g/mol. The van der Waals surface area contributed by atoms with Crippen LogP contribution in [0, 0.1) is 5.92 Å². The van der Waals surface area contributed by atoms with E-state index in [1.807, 2.05) is 0 Å². The molecular weight excluding hydrogens is 176 g/mol. The summed E-state index contributed by atoms with van der Waals surface area (Å²) >= 11 is 0. The molecule has 1 fully saturated rings. The molecule has 0 saturated carbocycles. The van der Waals surface area contributed by atoms with Crippen LogP contribution in [0.2, 0.25) is 0 Å². The lowest BCUT2D eigenvalue weighted by Crippen LogP contribution is -2.47. The largest absolute Gasteiger partial charge is 0.396 e. The second-order valence-corrected chi connectivity index (χ2v) is 3.80. The van der Waals surface area contributed by atoms with E-state index in [0.717, 1.165) is 6.54 Å². The SMILES string of the molecule is C[C@H]1CCN(CCCO)CC1(F)F. The molecule has 1 saturated heterocycles. The Morgan fingerprint density at radius 3 is 2.77 bits per heavy atom. The van der Waals surface area contributed by atoms with Crippen molar-refractivity contribution in [3.05, 3.63) is 0 Å². The van der Waals surface area contributed by atoms with Crippen LogP contribution in [-0.4, -0.2) is 42.2 Å². The van der Waals surface area contributed by atoms with Crippen molar-refractivity contribution >= 4 is 0 Å². The quantitative estimate of drug-likeness (QED) is 0.731. The van der Waals surface area contributed by atoms with Crippen LogP contribution in [0.15, 0.2) is 0 Å². The van der Waals surface area contributed by atoms with Gasteiger partial charge in [0, 0.05) is 19.1 Å². The van der Waals surface area contributed by atoms with E-state index in [1.165, 1.54) is 0 Å². The summed E-state index contributed by atoms with van der Waals surface area (Å²) in [4.78, 5) is 1.73. The summed E-state index contributed by atoms with van der Waals surface area (Å²) in [6, 6.07) is 0. The second kappa shape index (κ2) is 4.33. The van der Waals surface area contributed by atoms with Crippen molar-refractivity contribution in [2.75, 3.05) is 26.2 Å². The van der Waals surface area contributed by atoms with E-state index in [4.69, 9.17) is 5.11 Å². The number of hydrogen-bond acceptors (Lipinski definition) is 2. The van der Waals surface area contributed by atoms with Gasteiger partial charge in [0.2, 0.25) is 0 Å². The third kappa shape index (κ3) is 2.88. The molecule has 0 aliphatic carbocycles. The number of rotatable bonds is 3. The summed E-state index contributed by atoms with van der Waals surface area (Å²) in [5.41, 5.74) is 0. The highest BCUT2D eigenvalue weighted by Crippen LogP contribution is 2.32. The van der Waals surface area contributed by atoms with Crippen LogP contribution in [0.1, 0.15) is 19.8 Å². The smallest absolute Gasteiger partial charge is 0.263 e. The number of likely N-dealkylation sites (tertiary alicyclic amines) is 1. The highest BCUT2D eigenvalue weighted by atomic mass is 19.3. The summed E-state index contributed by atoms with van der Waals surface area (Å²) in [6.45, 7) is 2.85. The standard InChI is InChI=1S/C9H17F2NO/c1-8-3-5-12(4-2-6-13)7-9(8,10)11/h8,13H,2-7H2,1H3/t8-/m0/s1. The fourth-order valence-corrected chi connectivity index (χ4v) is 1.61. The molecule has 1 atom stereocenters. The minimum absolute atomic E-state index is 0.0810. The molecule has 0 amide bonds. The lowest BCUT2D eigenvalue weighted by atomic mass is 9.95. The Hall–Kier alpha value is -0.220. The van der Waals surface area contributed by atoms with Gasteiger partial charge in [-0.25, -0.2) is 8.78 Å². The van der Waals surface area contributed by atoms with Crippen LogP contribution in [0.25, 0.3) is 0 Å². The fraction of sp³-hybridized carbons (Fsp3) is 1.00. The second-order valence-electron chi connectivity index (χ2n) is 3.80. The van der Waals surface area contributed by atoms with Crippen LogP contribution in [0.4, 0.5) is 8.78 Å². The van der Waals surface area contributed by atoms with E-state index in [2.05, 4.69) is 0 Å². The molecule has 0 spiro atoms. The van der Waals surface area contributed by atoms with E-state index in [-0.39, 0.29) is 13.2 Å². The topological polar surface area (TPSA) is 23.5 Å². The van der Waals surface area contributed by atoms with Gasteiger partial charge in [0.15, 0.2) is 0 Å². The third-order valence-electron chi connectivity index (χ3n) is 2.67. The molecule has 13 heavy (non-hydrogen) atoms. The minimum Gasteiger partial charge on any atom is -0.396 e. The normalized spacial score (nSPS) is 29.1. The van der Waals surface area contributed by atoms with Gasteiger partial charge < -0.3 is 5.11 Å². The van der Waals surface area contributed by atoms with Gasteiger partial charge in [-0.05, 0) is 19.4 Å². The lowest BCUT2D eigenvalue weighted by molar-refractivity contribution is -0.105. The van der Waals surface area contributed by atoms with Gasteiger partial charge in [0.05, 0.1) is 6.54 Å². The summed E-state index contributed by atoms with van der Waals surface area (Å²) < 4.78 is 26.3. The summed E-state index contributed by atoms with van der Waals surface area (Å²) in [7, 11) is 0. The molecule has 78 valence electrons. The van der Waals surface area contributed by atoms with Crippen molar-refractivity contribution < 1.29 is 13.9 Å². The van der Waals surface area contributed by atoms with Crippen molar-refractivity contribution in [1.29, 1.82) is 0 Å². The molecule has 1 aliphatic heterocycles. The zero-order chi connectivity index (χ0) is 9.90. The first-order valence-electron chi connectivity index (χ1n) is 4.77. The van der Waals surface area contributed by atoms with Gasteiger partial charge in [-0.3, -0.25) is 4.90 Å². The Labute approximate surface area is 77.5 Å². The number of nitrogens with zero attached hydrogens (tertiary/aromatic N) is 1. The highest BCUT2D eigenvalue weighted by molar-refractivity contribution is 4.83. The average Bonchev–Trinajstić information content (AvgIpc) is 2.07. The Morgan fingerprint density at radius 1 is 1.54 bits per heavy atom. The van der Waals surface area contributed by atoms with E-state index in [9.17, 15) is 8.78 Å². The van der Waals surface area contributed by atoms with Crippen LogP contribution < -0.4 is 0 Å². The van der Waals surface area contributed by atoms with E-state index in [0.29, 0.717) is 19.4 Å².